The third-order valence-electron chi connectivity index (χ3n) is 2.31. The van der Waals surface area contributed by atoms with Gasteiger partial charge in [-0.1, -0.05) is 6.07 Å². The Morgan fingerprint density at radius 3 is 3.06 bits per heavy atom. The summed E-state index contributed by atoms with van der Waals surface area (Å²) in [6.45, 7) is 3.24. The topological polar surface area (TPSA) is 50.8 Å². The number of ether oxygens (including phenoxy) is 1. The molecule has 0 N–H and O–H groups in total. The van der Waals surface area contributed by atoms with Gasteiger partial charge in [0.15, 0.2) is 0 Å². The van der Waals surface area contributed by atoms with E-state index >= 15 is 0 Å². The van der Waals surface area contributed by atoms with Crippen LogP contribution < -0.4 is 4.74 Å². The van der Waals surface area contributed by atoms with Crippen LogP contribution in [0.2, 0.25) is 0 Å². The number of hydrogen-bond donors (Lipinski definition) is 0. The van der Waals surface area contributed by atoms with Gasteiger partial charge >= 0.3 is 0 Å². The van der Waals surface area contributed by atoms with Crippen molar-refractivity contribution < 1.29 is 4.74 Å². The molecule has 4 heteroatoms. The zero-order valence-corrected chi connectivity index (χ0v) is 9.63. The maximum Gasteiger partial charge on any atom is 0.120 e. The van der Waals surface area contributed by atoms with E-state index in [-0.39, 0.29) is 0 Å². The van der Waals surface area contributed by atoms with Crippen molar-refractivity contribution in [1.82, 2.24) is 9.78 Å². The van der Waals surface area contributed by atoms with Crippen molar-refractivity contribution in [2.24, 2.45) is 0 Å². The summed E-state index contributed by atoms with van der Waals surface area (Å²) in [5, 5.41) is 12.9. The van der Waals surface area contributed by atoms with E-state index in [0.29, 0.717) is 24.5 Å². The van der Waals surface area contributed by atoms with Crippen LogP contribution in [0.3, 0.4) is 0 Å². The average molecular weight is 227 g/mol. The molecule has 0 bridgehead atoms. The van der Waals surface area contributed by atoms with E-state index in [1.807, 2.05) is 36.1 Å². The fourth-order valence-electron chi connectivity index (χ4n) is 1.50. The summed E-state index contributed by atoms with van der Waals surface area (Å²) in [6.07, 6.45) is 3.78. The zero-order valence-electron chi connectivity index (χ0n) is 9.63. The number of rotatable bonds is 4. The number of nitriles is 1. The summed E-state index contributed by atoms with van der Waals surface area (Å²) in [6, 6.07) is 9.22. The van der Waals surface area contributed by atoms with Crippen molar-refractivity contribution in [3.05, 3.63) is 47.8 Å². The number of aryl methyl sites for hydroxylation is 1. The first-order chi connectivity index (χ1) is 8.28. The van der Waals surface area contributed by atoms with Gasteiger partial charge in [0, 0.05) is 6.20 Å². The van der Waals surface area contributed by atoms with Gasteiger partial charge in [-0.05, 0) is 30.7 Å². The molecule has 17 heavy (non-hydrogen) atoms. The van der Waals surface area contributed by atoms with Gasteiger partial charge in [-0.25, -0.2) is 0 Å². The van der Waals surface area contributed by atoms with E-state index in [4.69, 9.17) is 10.00 Å². The molecule has 4 nitrogen and oxygen atoms in total. The molecule has 0 saturated heterocycles. The van der Waals surface area contributed by atoms with E-state index in [0.717, 1.165) is 5.56 Å². The second-order valence-corrected chi connectivity index (χ2v) is 3.77. The van der Waals surface area contributed by atoms with Crippen molar-refractivity contribution in [3.8, 4) is 11.8 Å². The normalized spacial score (nSPS) is 9.88. The van der Waals surface area contributed by atoms with E-state index < -0.39 is 0 Å². The molecule has 0 fully saturated rings. The Balaban J connectivity index is 1.88. The SMILES string of the molecule is Cc1cnn(CCOc2cccc(C#N)c2)c1. The van der Waals surface area contributed by atoms with Crippen LogP contribution in [0.25, 0.3) is 0 Å². The molecule has 2 rings (SSSR count). The molecule has 0 aliphatic heterocycles. The molecule has 0 radical (unpaired) electrons. The summed E-state index contributed by atoms with van der Waals surface area (Å²) < 4.78 is 7.39. The third kappa shape index (κ3) is 3.08. The van der Waals surface area contributed by atoms with Crippen LogP contribution in [0.15, 0.2) is 36.7 Å². The fourth-order valence-corrected chi connectivity index (χ4v) is 1.50. The highest BCUT2D eigenvalue weighted by Crippen LogP contribution is 2.12. The summed E-state index contributed by atoms with van der Waals surface area (Å²) >= 11 is 0. The summed E-state index contributed by atoms with van der Waals surface area (Å²) in [7, 11) is 0. The molecular weight excluding hydrogens is 214 g/mol. The molecule has 0 aliphatic carbocycles. The highest BCUT2D eigenvalue weighted by atomic mass is 16.5. The van der Waals surface area contributed by atoms with Crippen LogP contribution in [0.5, 0.6) is 5.75 Å². The van der Waals surface area contributed by atoms with Gasteiger partial charge in [0.2, 0.25) is 0 Å². The molecule has 1 aromatic heterocycles. The molecule has 0 saturated carbocycles. The van der Waals surface area contributed by atoms with Gasteiger partial charge in [-0.3, -0.25) is 4.68 Å². The lowest BCUT2D eigenvalue weighted by molar-refractivity contribution is 0.291. The quantitative estimate of drug-likeness (QED) is 0.804. The molecule has 0 amide bonds. The molecule has 1 aromatic carbocycles. The first-order valence-electron chi connectivity index (χ1n) is 5.40. The Kier molecular flexibility index (Phi) is 3.41. The van der Waals surface area contributed by atoms with E-state index in [9.17, 15) is 0 Å². The van der Waals surface area contributed by atoms with Gasteiger partial charge in [0.25, 0.3) is 0 Å². The lowest BCUT2D eigenvalue weighted by Crippen LogP contribution is -2.08. The van der Waals surface area contributed by atoms with Crippen LogP contribution in [0.1, 0.15) is 11.1 Å². The minimum Gasteiger partial charge on any atom is -0.492 e. The van der Waals surface area contributed by atoms with Crippen molar-refractivity contribution in [2.45, 2.75) is 13.5 Å². The van der Waals surface area contributed by atoms with Crippen LogP contribution >= 0.6 is 0 Å². The van der Waals surface area contributed by atoms with Crippen molar-refractivity contribution in [3.63, 3.8) is 0 Å². The predicted molar refractivity (Wildman–Crippen MR) is 63.6 cm³/mol. The smallest absolute Gasteiger partial charge is 0.120 e. The predicted octanol–water partition coefficient (Wildman–Crippen LogP) is 2.14. The Bertz CT molecular complexity index is 540. The number of hydrogen-bond acceptors (Lipinski definition) is 3. The fraction of sp³-hybridized carbons (Fsp3) is 0.231. The third-order valence-corrected chi connectivity index (χ3v) is 2.31. The molecule has 1 heterocycles. The standard InChI is InChI=1S/C13H13N3O/c1-11-9-15-16(10-11)5-6-17-13-4-2-3-12(7-13)8-14/h2-4,7,9-10H,5-6H2,1H3. The number of benzene rings is 1. The molecule has 0 spiro atoms. The lowest BCUT2D eigenvalue weighted by Gasteiger charge is -2.06. The monoisotopic (exact) mass is 227 g/mol. The van der Waals surface area contributed by atoms with Crippen LogP contribution in [-0.4, -0.2) is 16.4 Å². The maximum atomic E-state index is 8.75. The maximum absolute atomic E-state index is 8.75. The van der Waals surface area contributed by atoms with Gasteiger partial charge in [0.05, 0.1) is 24.4 Å². The molecule has 0 atom stereocenters. The van der Waals surface area contributed by atoms with E-state index in [2.05, 4.69) is 11.2 Å². The van der Waals surface area contributed by atoms with Gasteiger partial charge in [-0.2, -0.15) is 10.4 Å². The number of aromatic nitrogens is 2. The molecule has 0 aliphatic rings. The first kappa shape index (κ1) is 11.2. The Hall–Kier alpha value is -2.28. The molecule has 2 aromatic rings. The average Bonchev–Trinajstić information content (AvgIpc) is 2.75. The highest BCUT2D eigenvalue weighted by molar-refractivity contribution is 5.36. The second-order valence-electron chi connectivity index (χ2n) is 3.77. The summed E-state index contributed by atoms with van der Waals surface area (Å²) in [5.41, 5.74) is 1.74. The molecular formula is C13H13N3O. The van der Waals surface area contributed by atoms with Crippen LogP contribution in [-0.2, 0) is 6.54 Å². The van der Waals surface area contributed by atoms with E-state index in [1.54, 1.807) is 12.1 Å². The highest BCUT2D eigenvalue weighted by Gasteiger charge is 1.97. The minimum absolute atomic E-state index is 0.538. The van der Waals surface area contributed by atoms with Gasteiger partial charge < -0.3 is 4.74 Å². The Labute approximate surface area is 100 Å². The van der Waals surface area contributed by atoms with Gasteiger partial charge in [0.1, 0.15) is 12.4 Å². The molecule has 0 unspecified atom stereocenters. The summed E-state index contributed by atoms with van der Waals surface area (Å²) in [5.74, 6) is 0.716. The second kappa shape index (κ2) is 5.17. The molecule has 86 valence electrons. The summed E-state index contributed by atoms with van der Waals surface area (Å²) in [4.78, 5) is 0. The van der Waals surface area contributed by atoms with E-state index in [1.165, 1.54) is 0 Å². The Morgan fingerprint density at radius 1 is 1.47 bits per heavy atom. The lowest BCUT2D eigenvalue weighted by atomic mass is 10.2. The number of nitrogens with zero attached hydrogens (tertiary/aromatic N) is 3. The van der Waals surface area contributed by atoms with Crippen LogP contribution in [0.4, 0.5) is 0 Å². The van der Waals surface area contributed by atoms with Crippen molar-refractivity contribution in [2.75, 3.05) is 6.61 Å². The van der Waals surface area contributed by atoms with Gasteiger partial charge in [-0.15, -0.1) is 0 Å². The minimum atomic E-state index is 0.538. The largest absolute Gasteiger partial charge is 0.492 e. The first-order valence-corrected chi connectivity index (χ1v) is 5.40. The zero-order chi connectivity index (χ0) is 12.1. The van der Waals surface area contributed by atoms with Crippen molar-refractivity contribution in [1.29, 1.82) is 5.26 Å². The van der Waals surface area contributed by atoms with Crippen molar-refractivity contribution >= 4 is 0 Å². The van der Waals surface area contributed by atoms with Crippen LogP contribution in [0, 0.1) is 18.3 Å². The Morgan fingerprint density at radius 2 is 2.35 bits per heavy atom.